The van der Waals surface area contributed by atoms with Gasteiger partial charge < -0.3 is 24.0 Å². The summed E-state index contributed by atoms with van der Waals surface area (Å²) in [5, 5.41) is 4.41. The van der Waals surface area contributed by atoms with Crippen molar-refractivity contribution in [3.63, 3.8) is 0 Å². The van der Waals surface area contributed by atoms with Gasteiger partial charge in [0.15, 0.2) is 11.5 Å². The van der Waals surface area contributed by atoms with E-state index in [0.29, 0.717) is 31.3 Å². The van der Waals surface area contributed by atoms with Crippen molar-refractivity contribution in [2.45, 2.75) is 6.92 Å². The summed E-state index contributed by atoms with van der Waals surface area (Å²) in [6.07, 6.45) is 0. The molecule has 31 heavy (non-hydrogen) atoms. The maximum atomic E-state index is 5.57. The van der Waals surface area contributed by atoms with Crippen LogP contribution in [0.3, 0.4) is 0 Å². The lowest BCUT2D eigenvalue weighted by Gasteiger charge is -2.31. The maximum absolute atomic E-state index is 5.57. The number of benzene rings is 2. The van der Waals surface area contributed by atoms with Crippen LogP contribution in [0.15, 0.2) is 52.8 Å². The molecule has 2 aromatic carbocycles. The van der Waals surface area contributed by atoms with Gasteiger partial charge in [-0.1, -0.05) is 0 Å². The zero-order valence-corrected chi connectivity index (χ0v) is 18.9. The van der Waals surface area contributed by atoms with E-state index in [0.717, 1.165) is 40.6 Å². The molecule has 7 nitrogen and oxygen atoms in total. The predicted molar refractivity (Wildman–Crippen MR) is 122 cm³/mol. The van der Waals surface area contributed by atoms with E-state index in [1.54, 1.807) is 25.6 Å². The minimum Gasteiger partial charge on any atom is -0.494 e. The van der Waals surface area contributed by atoms with E-state index in [1.165, 1.54) is 0 Å². The van der Waals surface area contributed by atoms with Gasteiger partial charge in [0, 0.05) is 10.9 Å². The lowest BCUT2D eigenvalue weighted by Crippen LogP contribution is -2.48. The highest BCUT2D eigenvalue weighted by Gasteiger charge is 2.18. The van der Waals surface area contributed by atoms with Crippen LogP contribution in [-0.2, 0) is 4.74 Å². The van der Waals surface area contributed by atoms with Crippen molar-refractivity contribution in [2.24, 2.45) is 4.99 Å². The van der Waals surface area contributed by atoms with Gasteiger partial charge >= 0.3 is 0 Å². The number of thiazole rings is 1. The summed E-state index contributed by atoms with van der Waals surface area (Å²) < 4.78 is 24.2. The molecule has 0 atom stereocenters. The Balaban J connectivity index is 1.79. The minimum atomic E-state index is 0.646. The summed E-state index contributed by atoms with van der Waals surface area (Å²) in [6, 6.07) is 13.8. The third-order valence-corrected chi connectivity index (χ3v) is 5.82. The monoisotopic (exact) mass is 441 g/mol. The van der Waals surface area contributed by atoms with Crippen molar-refractivity contribution in [3.8, 4) is 28.5 Å². The van der Waals surface area contributed by atoms with Crippen molar-refractivity contribution < 1.29 is 18.9 Å². The third kappa shape index (κ3) is 4.70. The fraction of sp³-hybridized carbons (Fsp3) is 0.348. The summed E-state index contributed by atoms with van der Waals surface area (Å²) >= 11 is 1.61. The van der Waals surface area contributed by atoms with Gasteiger partial charge in [0.2, 0.25) is 4.80 Å². The maximum Gasteiger partial charge on any atom is 0.209 e. The first-order valence-corrected chi connectivity index (χ1v) is 11.1. The van der Waals surface area contributed by atoms with Gasteiger partial charge in [-0.05, 0) is 49.4 Å². The van der Waals surface area contributed by atoms with Crippen molar-refractivity contribution in [1.29, 1.82) is 0 Å². The van der Waals surface area contributed by atoms with Gasteiger partial charge in [-0.25, -0.2) is 9.67 Å². The average molecular weight is 442 g/mol. The van der Waals surface area contributed by atoms with Gasteiger partial charge in [0.1, 0.15) is 5.75 Å². The largest absolute Gasteiger partial charge is 0.494 e. The normalized spacial score (nSPS) is 14.5. The van der Waals surface area contributed by atoms with E-state index in [-0.39, 0.29) is 0 Å². The zero-order chi connectivity index (χ0) is 21.6. The van der Waals surface area contributed by atoms with Gasteiger partial charge in [-0.2, -0.15) is 0 Å². The Hall–Kier alpha value is -2.97. The van der Waals surface area contributed by atoms with Crippen LogP contribution in [0.2, 0.25) is 0 Å². The highest BCUT2D eigenvalue weighted by molar-refractivity contribution is 7.07. The summed E-state index contributed by atoms with van der Waals surface area (Å²) in [7, 11) is 3.29. The molecule has 3 aromatic rings. The lowest BCUT2D eigenvalue weighted by molar-refractivity contribution is 0.111. The standard InChI is InChI=1S/C23H27N3O4S/c1-4-30-19-8-6-18(7-9-19)24-23-26(25-11-13-29-14-12-25)20(16-31-23)17-5-10-21(27-2)22(15-17)28-3/h5-10,15-16H,4,11-14H2,1-3H3. The van der Waals surface area contributed by atoms with Crippen molar-refractivity contribution in [3.05, 3.63) is 52.6 Å². The van der Waals surface area contributed by atoms with Crippen LogP contribution in [0.5, 0.6) is 17.2 Å². The molecule has 0 spiro atoms. The number of nitrogens with zero attached hydrogens (tertiary/aromatic N) is 3. The molecule has 0 bridgehead atoms. The number of hydrogen-bond donors (Lipinski definition) is 0. The van der Waals surface area contributed by atoms with Gasteiger partial charge in [0.05, 0.1) is 58.5 Å². The SMILES string of the molecule is CCOc1ccc(N=c2scc(-c3ccc(OC)c(OC)c3)n2N2CCOCC2)cc1. The van der Waals surface area contributed by atoms with Crippen LogP contribution in [0, 0.1) is 0 Å². The fourth-order valence-electron chi connectivity index (χ4n) is 3.49. The lowest BCUT2D eigenvalue weighted by atomic mass is 10.1. The fourth-order valence-corrected chi connectivity index (χ4v) is 4.42. The van der Waals surface area contributed by atoms with Gasteiger partial charge in [0.25, 0.3) is 0 Å². The predicted octanol–water partition coefficient (Wildman–Crippen LogP) is 3.83. The molecule has 2 heterocycles. The van der Waals surface area contributed by atoms with Crippen molar-refractivity contribution in [2.75, 3.05) is 52.1 Å². The molecule has 1 fully saturated rings. The van der Waals surface area contributed by atoms with Crippen molar-refractivity contribution >= 4 is 17.0 Å². The zero-order valence-electron chi connectivity index (χ0n) is 18.0. The molecule has 0 aliphatic carbocycles. The van der Waals surface area contributed by atoms with Crippen LogP contribution < -0.4 is 24.0 Å². The molecule has 1 saturated heterocycles. The average Bonchev–Trinajstić information content (AvgIpc) is 3.24. The Morgan fingerprint density at radius 2 is 1.74 bits per heavy atom. The molecule has 0 radical (unpaired) electrons. The molecule has 4 rings (SSSR count). The van der Waals surface area contributed by atoms with E-state index >= 15 is 0 Å². The van der Waals surface area contributed by atoms with Gasteiger partial charge in [-0.3, -0.25) is 0 Å². The van der Waals surface area contributed by atoms with Crippen LogP contribution >= 0.6 is 11.3 Å². The van der Waals surface area contributed by atoms with Crippen LogP contribution in [0.25, 0.3) is 11.3 Å². The van der Waals surface area contributed by atoms with Crippen molar-refractivity contribution in [1.82, 2.24) is 4.68 Å². The number of morpholine rings is 1. The molecular formula is C23H27N3O4S. The Morgan fingerprint density at radius 1 is 1.00 bits per heavy atom. The van der Waals surface area contributed by atoms with E-state index < -0.39 is 0 Å². The molecule has 8 heteroatoms. The third-order valence-electron chi connectivity index (χ3n) is 5.01. The first-order valence-electron chi connectivity index (χ1n) is 10.3. The first-order chi connectivity index (χ1) is 15.2. The number of ether oxygens (including phenoxy) is 4. The van der Waals surface area contributed by atoms with Crippen LogP contribution in [-0.4, -0.2) is 51.8 Å². The summed E-state index contributed by atoms with van der Waals surface area (Å²) in [5.41, 5.74) is 2.97. The first kappa shape index (κ1) is 21.3. The molecule has 0 N–H and O–H groups in total. The summed E-state index contributed by atoms with van der Waals surface area (Å²) in [5.74, 6) is 2.25. The second kappa shape index (κ2) is 9.89. The molecule has 164 valence electrons. The molecule has 0 saturated carbocycles. The summed E-state index contributed by atoms with van der Waals surface area (Å²) in [4.78, 5) is 5.83. The second-order valence-corrected chi connectivity index (χ2v) is 7.73. The molecule has 0 unspecified atom stereocenters. The van der Waals surface area contributed by atoms with Crippen LogP contribution in [0.4, 0.5) is 5.69 Å². The molecule has 1 aliphatic rings. The Kier molecular flexibility index (Phi) is 6.79. The number of aromatic nitrogens is 1. The topological polar surface area (TPSA) is 57.5 Å². The molecule has 0 amide bonds. The highest BCUT2D eigenvalue weighted by atomic mass is 32.1. The number of methoxy groups -OCH3 is 2. The second-order valence-electron chi connectivity index (χ2n) is 6.89. The Bertz CT molecular complexity index is 1070. The quantitative estimate of drug-likeness (QED) is 0.558. The van der Waals surface area contributed by atoms with E-state index in [1.807, 2.05) is 49.4 Å². The van der Waals surface area contributed by atoms with E-state index in [2.05, 4.69) is 15.1 Å². The smallest absolute Gasteiger partial charge is 0.209 e. The molecule has 1 aliphatic heterocycles. The summed E-state index contributed by atoms with van der Waals surface area (Å²) in [6.45, 7) is 5.60. The number of rotatable bonds is 7. The van der Waals surface area contributed by atoms with E-state index in [4.69, 9.17) is 23.9 Å². The molecule has 1 aromatic heterocycles. The van der Waals surface area contributed by atoms with Gasteiger partial charge in [-0.15, -0.1) is 11.3 Å². The Morgan fingerprint density at radius 3 is 2.42 bits per heavy atom. The number of hydrogen-bond acceptors (Lipinski definition) is 7. The highest BCUT2D eigenvalue weighted by Crippen LogP contribution is 2.32. The van der Waals surface area contributed by atoms with E-state index in [9.17, 15) is 0 Å². The van der Waals surface area contributed by atoms with Crippen LogP contribution in [0.1, 0.15) is 6.92 Å². The Labute approximate surface area is 186 Å². The molecular weight excluding hydrogens is 414 g/mol. The minimum absolute atomic E-state index is 0.646.